The zero-order valence-electron chi connectivity index (χ0n) is 18.8. The number of nitrogens with zero attached hydrogens (tertiary/aromatic N) is 5. The highest BCUT2D eigenvalue weighted by atomic mass is 19.4. The van der Waals surface area contributed by atoms with Gasteiger partial charge < -0.3 is 24.8 Å². The number of rotatable bonds is 7. The maximum atomic E-state index is 12.9. The number of aromatic nitrogens is 1. The fraction of sp³-hybridized carbons (Fsp3) is 0.391. The van der Waals surface area contributed by atoms with Gasteiger partial charge in [0.05, 0.1) is 13.2 Å². The van der Waals surface area contributed by atoms with Crippen molar-refractivity contribution in [1.82, 2.24) is 25.0 Å². The Morgan fingerprint density at radius 2 is 1.74 bits per heavy atom. The molecular formula is C23H27F3N6O2. The molecule has 1 aromatic heterocycles. The number of piperazine rings is 1. The van der Waals surface area contributed by atoms with Crippen LogP contribution in [0.4, 0.5) is 18.9 Å². The molecule has 0 aliphatic carbocycles. The largest absolute Gasteiger partial charge is 0.573 e. The summed E-state index contributed by atoms with van der Waals surface area (Å²) in [5.74, 6) is -0.353. The van der Waals surface area contributed by atoms with E-state index in [2.05, 4.69) is 31.9 Å². The monoisotopic (exact) mass is 476 g/mol. The van der Waals surface area contributed by atoms with Crippen LogP contribution in [0.25, 0.3) is 0 Å². The van der Waals surface area contributed by atoms with Crippen LogP contribution in [0.5, 0.6) is 5.75 Å². The van der Waals surface area contributed by atoms with Gasteiger partial charge in [-0.25, -0.2) is 0 Å². The molecule has 1 atom stereocenters. The van der Waals surface area contributed by atoms with E-state index in [0.717, 1.165) is 31.7 Å². The summed E-state index contributed by atoms with van der Waals surface area (Å²) in [6.45, 7) is 4.26. The molecule has 0 spiro atoms. The smallest absolute Gasteiger partial charge is 0.406 e. The third-order valence-corrected chi connectivity index (χ3v) is 5.77. The van der Waals surface area contributed by atoms with Crippen LogP contribution in [0.1, 0.15) is 11.7 Å². The molecule has 1 saturated heterocycles. The molecule has 2 aliphatic rings. The Morgan fingerprint density at radius 1 is 1.06 bits per heavy atom. The van der Waals surface area contributed by atoms with Crippen molar-refractivity contribution in [2.24, 2.45) is 0 Å². The summed E-state index contributed by atoms with van der Waals surface area (Å²) in [5, 5.41) is 3.12. The van der Waals surface area contributed by atoms with E-state index < -0.39 is 12.5 Å². The third-order valence-electron chi connectivity index (χ3n) is 5.77. The molecule has 1 fully saturated rings. The van der Waals surface area contributed by atoms with Gasteiger partial charge in [0.2, 0.25) is 5.91 Å². The first-order valence-electron chi connectivity index (χ1n) is 10.9. The number of nitrogens with one attached hydrogen (secondary N) is 1. The highest BCUT2D eigenvalue weighted by Crippen LogP contribution is 2.29. The predicted octanol–water partition coefficient (Wildman–Crippen LogP) is 2.59. The van der Waals surface area contributed by atoms with Gasteiger partial charge in [0.15, 0.2) is 0 Å². The van der Waals surface area contributed by atoms with Crippen LogP contribution >= 0.6 is 0 Å². The summed E-state index contributed by atoms with van der Waals surface area (Å²) in [6.07, 6.45) is 1.86. The van der Waals surface area contributed by atoms with Crippen molar-refractivity contribution in [3.63, 3.8) is 0 Å². The molecule has 2 aromatic rings. The van der Waals surface area contributed by atoms with Crippen molar-refractivity contribution in [2.75, 3.05) is 51.3 Å². The van der Waals surface area contributed by atoms with Crippen LogP contribution in [0.15, 0.2) is 61.2 Å². The fourth-order valence-electron chi connectivity index (χ4n) is 3.92. The van der Waals surface area contributed by atoms with E-state index >= 15 is 0 Å². The molecule has 1 unspecified atom stereocenters. The quantitative estimate of drug-likeness (QED) is 0.659. The van der Waals surface area contributed by atoms with Crippen molar-refractivity contribution in [3.05, 3.63) is 66.8 Å². The summed E-state index contributed by atoms with van der Waals surface area (Å²) < 4.78 is 41.2. The zero-order chi connectivity index (χ0) is 24.1. The van der Waals surface area contributed by atoms with Crippen LogP contribution < -0.4 is 15.0 Å². The average Bonchev–Trinajstić information content (AvgIpc) is 3.29. The Kier molecular flexibility index (Phi) is 7.23. The number of likely N-dealkylation sites (N-methyl/N-ethyl adjacent to an activating group) is 1. The molecule has 34 heavy (non-hydrogen) atoms. The van der Waals surface area contributed by atoms with Gasteiger partial charge >= 0.3 is 6.36 Å². The Labute approximate surface area is 196 Å². The van der Waals surface area contributed by atoms with Gasteiger partial charge in [-0.1, -0.05) is 0 Å². The van der Waals surface area contributed by atoms with E-state index in [1.807, 2.05) is 34.3 Å². The lowest BCUT2D eigenvalue weighted by Gasteiger charge is -2.34. The average molecular weight is 477 g/mol. The molecule has 1 aromatic carbocycles. The van der Waals surface area contributed by atoms with E-state index in [4.69, 9.17) is 0 Å². The molecule has 0 saturated carbocycles. The topological polar surface area (TPSA) is 64.2 Å². The van der Waals surface area contributed by atoms with Gasteiger partial charge in [-0.15, -0.1) is 13.2 Å². The Morgan fingerprint density at radius 3 is 2.38 bits per heavy atom. The number of benzene rings is 1. The van der Waals surface area contributed by atoms with Crippen molar-refractivity contribution < 1.29 is 22.7 Å². The number of ether oxygens (including phenoxy) is 1. The second kappa shape index (κ2) is 10.3. The number of carbonyl (C=O) groups is 1. The fourth-order valence-corrected chi connectivity index (χ4v) is 3.92. The van der Waals surface area contributed by atoms with Crippen LogP contribution in [0, 0.1) is 0 Å². The van der Waals surface area contributed by atoms with Crippen LogP contribution in [-0.4, -0.2) is 78.4 Å². The normalized spacial score (nSPS) is 18.2. The van der Waals surface area contributed by atoms with E-state index in [-0.39, 0.29) is 11.7 Å². The van der Waals surface area contributed by atoms with Crippen LogP contribution in [0.2, 0.25) is 0 Å². The number of hydrogen-bond acceptors (Lipinski definition) is 7. The summed E-state index contributed by atoms with van der Waals surface area (Å²) >= 11 is 0. The molecular weight excluding hydrogens is 449 g/mol. The molecule has 8 nitrogen and oxygen atoms in total. The predicted molar refractivity (Wildman–Crippen MR) is 121 cm³/mol. The highest BCUT2D eigenvalue weighted by Gasteiger charge is 2.31. The van der Waals surface area contributed by atoms with Crippen molar-refractivity contribution >= 4 is 11.6 Å². The summed E-state index contributed by atoms with van der Waals surface area (Å²) in [5.41, 5.74) is 1.58. The van der Waals surface area contributed by atoms with Gasteiger partial charge in [0.25, 0.3) is 0 Å². The first-order valence-corrected chi connectivity index (χ1v) is 10.9. The Hall–Kier alpha value is -3.31. The van der Waals surface area contributed by atoms with E-state index in [1.54, 1.807) is 24.5 Å². The standard InChI is InChI=1S/C23H27F3N6O2/c1-29-10-12-30(13-11-29)16-21(33)28-22(18-6-8-27-9-7-18)32-15-14-31(17-32)19-2-4-20(5-3-19)34-23(24,25)26/h2-9,14-15,22H,10-13,16-17H2,1H3,(H,28,33). The van der Waals surface area contributed by atoms with Crippen molar-refractivity contribution in [1.29, 1.82) is 0 Å². The number of carbonyl (C=O) groups excluding carboxylic acids is 1. The van der Waals surface area contributed by atoms with Crippen LogP contribution in [-0.2, 0) is 4.79 Å². The minimum Gasteiger partial charge on any atom is -0.406 e. The number of amides is 1. The second-order valence-corrected chi connectivity index (χ2v) is 8.30. The minimum absolute atomic E-state index is 0.0770. The number of halogens is 3. The molecule has 4 rings (SSSR count). The second-order valence-electron chi connectivity index (χ2n) is 8.30. The molecule has 0 bridgehead atoms. The summed E-state index contributed by atoms with van der Waals surface area (Å²) in [4.78, 5) is 25.1. The number of alkyl halides is 3. The van der Waals surface area contributed by atoms with Crippen molar-refractivity contribution in [3.8, 4) is 5.75 Å². The third kappa shape index (κ3) is 6.39. The lowest BCUT2D eigenvalue weighted by molar-refractivity contribution is -0.274. The van der Waals surface area contributed by atoms with Gasteiger partial charge in [-0.05, 0) is 49.0 Å². The van der Waals surface area contributed by atoms with Gasteiger partial charge in [0, 0.05) is 56.7 Å². The van der Waals surface area contributed by atoms with E-state index in [9.17, 15) is 18.0 Å². The van der Waals surface area contributed by atoms with Gasteiger partial charge in [-0.3, -0.25) is 14.7 Å². The Bertz CT molecular complexity index is 978. The molecule has 1 N–H and O–H groups in total. The lowest BCUT2D eigenvalue weighted by Crippen LogP contribution is -2.49. The highest BCUT2D eigenvalue weighted by molar-refractivity contribution is 5.78. The van der Waals surface area contributed by atoms with Gasteiger partial charge in [0.1, 0.15) is 11.9 Å². The van der Waals surface area contributed by atoms with E-state index in [0.29, 0.717) is 18.9 Å². The van der Waals surface area contributed by atoms with Gasteiger partial charge in [-0.2, -0.15) is 0 Å². The SMILES string of the molecule is CN1CCN(CC(=O)NC(c2ccncc2)N2C=CN(c3ccc(OC(F)(F)F)cc3)C2)CC1. The molecule has 2 aliphatic heterocycles. The minimum atomic E-state index is -4.73. The lowest BCUT2D eigenvalue weighted by atomic mass is 10.2. The van der Waals surface area contributed by atoms with E-state index in [1.165, 1.54) is 12.1 Å². The molecule has 0 radical (unpaired) electrons. The number of pyridine rings is 1. The first kappa shape index (κ1) is 23.8. The summed E-state index contributed by atoms with van der Waals surface area (Å²) in [7, 11) is 2.07. The molecule has 182 valence electrons. The van der Waals surface area contributed by atoms with Crippen LogP contribution in [0.3, 0.4) is 0 Å². The molecule has 3 heterocycles. The molecule has 11 heteroatoms. The first-order chi connectivity index (χ1) is 16.3. The maximum absolute atomic E-state index is 12.9. The number of anilines is 1. The zero-order valence-corrected chi connectivity index (χ0v) is 18.8. The Balaban J connectivity index is 1.41. The maximum Gasteiger partial charge on any atom is 0.573 e. The van der Waals surface area contributed by atoms with Crippen molar-refractivity contribution in [2.45, 2.75) is 12.5 Å². The number of hydrogen-bond donors (Lipinski definition) is 1. The summed E-state index contributed by atoms with van der Waals surface area (Å²) in [6, 6.07) is 9.36. The molecule has 1 amide bonds.